The number of aliphatic hydroxyl groups is 1. The highest BCUT2D eigenvalue weighted by atomic mass is 19.4. The van der Waals surface area contributed by atoms with E-state index in [1.54, 1.807) is 0 Å². The van der Waals surface area contributed by atoms with E-state index in [-0.39, 0.29) is 0 Å². The highest BCUT2D eigenvalue weighted by Crippen LogP contribution is 2.53. The van der Waals surface area contributed by atoms with Crippen LogP contribution in [-0.2, 0) is 4.74 Å². The van der Waals surface area contributed by atoms with Crippen LogP contribution in [0, 0.1) is 11.3 Å². The fourth-order valence-electron chi connectivity index (χ4n) is 3.85. The smallest absolute Gasteiger partial charge is 0.374 e. The van der Waals surface area contributed by atoms with Gasteiger partial charge in [-0.3, -0.25) is 0 Å². The average Bonchev–Trinajstić information content (AvgIpc) is 3.09. The Balaban J connectivity index is 2.14. The second-order valence-electron chi connectivity index (χ2n) is 7.25. The van der Waals surface area contributed by atoms with E-state index in [1.807, 2.05) is 19.1 Å². The molecule has 0 aromatic heterocycles. The number of hydrogen-bond acceptors (Lipinski definition) is 2. The summed E-state index contributed by atoms with van der Waals surface area (Å²) >= 11 is 0. The van der Waals surface area contributed by atoms with E-state index in [2.05, 4.69) is 0 Å². The van der Waals surface area contributed by atoms with Gasteiger partial charge in [-0.05, 0) is 31.6 Å². The molecule has 3 atom stereocenters. The number of allylic oxidation sites excluding steroid dienone is 1. The number of alkyl halides is 6. The van der Waals surface area contributed by atoms with Crippen LogP contribution in [0.15, 0.2) is 12.2 Å². The van der Waals surface area contributed by atoms with Gasteiger partial charge < -0.3 is 9.84 Å². The Morgan fingerprint density at radius 1 is 1.16 bits per heavy atom. The number of hydrogen-bond donors (Lipinski definition) is 1. The molecular formula is C17H24F6O2. The molecule has 2 nitrogen and oxygen atoms in total. The summed E-state index contributed by atoms with van der Waals surface area (Å²) in [6, 6.07) is 0. The number of ether oxygens (including phenoxy) is 1. The molecule has 146 valence electrons. The van der Waals surface area contributed by atoms with E-state index >= 15 is 0 Å². The van der Waals surface area contributed by atoms with Crippen molar-refractivity contribution >= 4 is 0 Å². The van der Waals surface area contributed by atoms with Crippen LogP contribution in [0.3, 0.4) is 0 Å². The van der Waals surface area contributed by atoms with Crippen molar-refractivity contribution in [3.05, 3.63) is 12.2 Å². The zero-order valence-electron chi connectivity index (χ0n) is 14.1. The quantitative estimate of drug-likeness (QED) is 0.361. The van der Waals surface area contributed by atoms with Crippen LogP contribution < -0.4 is 0 Å². The monoisotopic (exact) mass is 374 g/mol. The molecule has 0 radical (unpaired) electrons. The van der Waals surface area contributed by atoms with E-state index in [0.717, 1.165) is 19.3 Å². The van der Waals surface area contributed by atoms with Crippen molar-refractivity contribution in [1.82, 2.24) is 0 Å². The molecule has 2 bridgehead atoms. The Bertz CT molecular complexity index is 471. The van der Waals surface area contributed by atoms with Gasteiger partial charge in [-0.25, -0.2) is 0 Å². The fourth-order valence-corrected chi connectivity index (χ4v) is 3.85. The third-order valence-corrected chi connectivity index (χ3v) is 5.47. The van der Waals surface area contributed by atoms with Crippen molar-refractivity contribution in [3.63, 3.8) is 0 Å². The van der Waals surface area contributed by atoms with E-state index in [4.69, 9.17) is 4.74 Å². The molecule has 1 fully saturated rings. The predicted molar refractivity (Wildman–Crippen MR) is 79.9 cm³/mol. The molecule has 3 unspecified atom stereocenters. The van der Waals surface area contributed by atoms with E-state index in [9.17, 15) is 31.4 Å². The lowest BCUT2D eigenvalue weighted by Gasteiger charge is -2.38. The summed E-state index contributed by atoms with van der Waals surface area (Å²) in [5.41, 5.74) is -5.35. The Hall–Kier alpha value is -0.760. The van der Waals surface area contributed by atoms with Gasteiger partial charge in [0.15, 0.2) is 0 Å². The Kier molecular flexibility index (Phi) is 5.84. The summed E-state index contributed by atoms with van der Waals surface area (Å²) in [7, 11) is 0. The predicted octanol–water partition coefficient (Wildman–Crippen LogP) is 5.16. The van der Waals surface area contributed by atoms with Crippen molar-refractivity contribution in [3.8, 4) is 0 Å². The first-order valence-electron chi connectivity index (χ1n) is 8.62. The van der Waals surface area contributed by atoms with Crippen molar-refractivity contribution in [2.24, 2.45) is 11.3 Å². The lowest BCUT2D eigenvalue weighted by Crippen LogP contribution is -2.60. The summed E-state index contributed by atoms with van der Waals surface area (Å²) in [5, 5.41) is 9.32. The topological polar surface area (TPSA) is 29.5 Å². The van der Waals surface area contributed by atoms with Crippen molar-refractivity contribution < 1.29 is 36.2 Å². The minimum atomic E-state index is -5.85. The van der Waals surface area contributed by atoms with Crippen LogP contribution >= 0.6 is 0 Å². The van der Waals surface area contributed by atoms with E-state index < -0.39 is 36.1 Å². The van der Waals surface area contributed by atoms with Crippen LogP contribution in [0.2, 0.25) is 0 Å². The number of fused-ring (bicyclic) bond motifs is 2. The number of halogens is 6. The first-order chi connectivity index (χ1) is 11.5. The molecule has 2 aliphatic rings. The SMILES string of the molecule is CCCCCC(OCC(O)(C(F)(F)F)C(F)(F)F)C12C=CC(CC1)C2. The molecule has 0 amide bonds. The fraction of sp³-hybridized carbons (Fsp3) is 0.882. The Morgan fingerprint density at radius 2 is 1.80 bits per heavy atom. The van der Waals surface area contributed by atoms with E-state index in [0.29, 0.717) is 31.6 Å². The molecule has 8 heteroatoms. The van der Waals surface area contributed by atoms with Gasteiger partial charge in [0.25, 0.3) is 5.60 Å². The lowest BCUT2D eigenvalue weighted by atomic mass is 9.79. The van der Waals surface area contributed by atoms with Crippen molar-refractivity contribution in [2.75, 3.05) is 6.61 Å². The first kappa shape index (κ1) is 20.6. The molecular weight excluding hydrogens is 350 g/mol. The van der Waals surface area contributed by atoms with Crippen LogP contribution in [0.5, 0.6) is 0 Å². The van der Waals surface area contributed by atoms with Crippen molar-refractivity contribution in [1.29, 1.82) is 0 Å². The zero-order chi connectivity index (χ0) is 18.9. The third-order valence-electron chi connectivity index (χ3n) is 5.47. The number of unbranched alkanes of at least 4 members (excludes halogenated alkanes) is 2. The Morgan fingerprint density at radius 3 is 2.20 bits per heavy atom. The zero-order valence-corrected chi connectivity index (χ0v) is 14.1. The van der Waals surface area contributed by atoms with Gasteiger partial charge in [0, 0.05) is 5.41 Å². The van der Waals surface area contributed by atoms with Crippen LogP contribution in [0.1, 0.15) is 51.9 Å². The normalized spacial score (nSPS) is 27.9. The van der Waals surface area contributed by atoms with Gasteiger partial charge in [0.2, 0.25) is 0 Å². The summed E-state index contributed by atoms with van der Waals surface area (Å²) in [4.78, 5) is 0. The lowest BCUT2D eigenvalue weighted by molar-refractivity contribution is -0.381. The maximum Gasteiger partial charge on any atom is 0.428 e. The van der Waals surface area contributed by atoms with Gasteiger partial charge >= 0.3 is 12.4 Å². The standard InChI is InChI=1S/C17H24F6O2/c1-2-3-4-5-13(14-8-6-12(10-14)7-9-14)25-11-15(24,16(18,19)20)17(21,22)23/h6,8,12-13,24H,2-5,7,9-11H2,1H3. The molecule has 0 spiro atoms. The summed E-state index contributed by atoms with van der Waals surface area (Å²) < 4.78 is 82.3. The van der Waals surface area contributed by atoms with Gasteiger partial charge in [-0.2, -0.15) is 26.3 Å². The van der Waals surface area contributed by atoms with Crippen LogP contribution in [0.25, 0.3) is 0 Å². The first-order valence-corrected chi connectivity index (χ1v) is 8.62. The van der Waals surface area contributed by atoms with Crippen LogP contribution in [0.4, 0.5) is 26.3 Å². The summed E-state index contributed by atoms with van der Waals surface area (Å²) in [5.74, 6) is 0.321. The van der Waals surface area contributed by atoms with Gasteiger partial charge in [0.05, 0.1) is 12.7 Å². The van der Waals surface area contributed by atoms with Crippen LogP contribution in [-0.4, -0.2) is 35.8 Å². The molecule has 25 heavy (non-hydrogen) atoms. The Labute approximate surface area is 143 Å². The molecule has 1 N–H and O–H groups in total. The highest BCUT2D eigenvalue weighted by Gasteiger charge is 2.71. The molecule has 2 aliphatic carbocycles. The molecule has 1 saturated carbocycles. The van der Waals surface area contributed by atoms with Gasteiger partial charge in [0.1, 0.15) is 0 Å². The van der Waals surface area contributed by atoms with E-state index in [1.165, 1.54) is 0 Å². The maximum absolute atomic E-state index is 12.9. The summed E-state index contributed by atoms with van der Waals surface area (Å²) in [6.07, 6.45) is -3.57. The molecule has 0 aromatic carbocycles. The van der Waals surface area contributed by atoms with Gasteiger partial charge in [-0.15, -0.1) is 0 Å². The molecule has 0 aromatic rings. The molecule has 0 aliphatic heterocycles. The molecule has 0 saturated heterocycles. The summed E-state index contributed by atoms with van der Waals surface area (Å²) in [6.45, 7) is 0.137. The average molecular weight is 374 g/mol. The second kappa shape index (κ2) is 7.10. The maximum atomic E-state index is 12.9. The van der Waals surface area contributed by atoms with Crippen molar-refractivity contribution in [2.45, 2.75) is 75.9 Å². The number of rotatable bonds is 8. The minimum absolute atomic E-state index is 0.321. The largest absolute Gasteiger partial charge is 0.428 e. The second-order valence-corrected chi connectivity index (χ2v) is 7.25. The highest BCUT2D eigenvalue weighted by molar-refractivity contribution is 5.18. The minimum Gasteiger partial charge on any atom is -0.374 e. The third kappa shape index (κ3) is 3.99. The molecule has 2 rings (SSSR count). The molecule has 0 heterocycles. The van der Waals surface area contributed by atoms with Gasteiger partial charge in [-0.1, -0.05) is 38.3 Å².